The fourth-order valence-electron chi connectivity index (χ4n) is 2.94. The van der Waals surface area contributed by atoms with Gasteiger partial charge in [0.2, 0.25) is 0 Å². The fraction of sp³-hybridized carbons (Fsp3) is 1.00. The van der Waals surface area contributed by atoms with Crippen molar-refractivity contribution in [1.82, 2.24) is 0 Å². The van der Waals surface area contributed by atoms with Crippen LogP contribution >= 0.6 is 0 Å². The molecular weight excluding hydrogens is 335 g/mol. The minimum absolute atomic E-state index is 0. The molecular formula is C18H37NaO4S. The first-order chi connectivity index (χ1) is 11.0. The predicted molar refractivity (Wildman–Crippen MR) is 95.5 cm³/mol. The summed E-state index contributed by atoms with van der Waals surface area (Å²) in [6.07, 6.45) is 15.4. The Hall–Kier alpha value is 0.870. The molecule has 24 heavy (non-hydrogen) atoms. The summed E-state index contributed by atoms with van der Waals surface area (Å²) in [6.45, 7) is 2.33. The average Bonchev–Trinajstić information content (AvgIpc) is 2.50. The van der Waals surface area contributed by atoms with Crippen molar-refractivity contribution in [2.45, 2.75) is 108 Å². The van der Waals surface area contributed by atoms with E-state index >= 15 is 0 Å². The Bertz CT molecular complexity index is 347. The summed E-state index contributed by atoms with van der Waals surface area (Å²) >= 11 is 0. The Morgan fingerprint density at radius 2 is 1.12 bits per heavy atom. The largest absolute Gasteiger partial charge is 1.00 e. The molecule has 1 N–H and O–H groups in total. The molecule has 0 aliphatic heterocycles. The molecule has 0 aromatic carbocycles. The van der Waals surface area contributed by atoms with Crippen LogP contribution in [0, 0.1) is 0 Å². The Kier molecular flexibility index (Phi) is 21.1. The Morgan fingerprint density at radius 1 is 0.750 bits per heavy atom. The smallest absolute Gasteiger partial charge is 0.748 e. The number of aliphatic hydroxyl groups excluding tert-OH is 1. The van der Waals surface area contributed by atoms with Crippen LogP contribution < -0.4 is 29.6 Å². The first kappa shape index (κ1) is 27.1. The summed E-state index contributed by atoms with van der Waals surface area (Å²) in [7, 11) is -4.12. The van der Waals surface area contributed by atoms with E-state index in [1.165, 1.54) is 38.5 Å². The number of unbranched alkanes of at least 4 members (excludes halogenated alkanes) is 11. The molecule has 0 heterocycles. The summed E-state index contributed by atoms with van der Waals surface area (Å²) in [5.74, 6) is 0. The second kappa shape index (κ2) is 18.7. The molecule has 0 saturated carbocycles. The quantitative estimate of drug-likeness (QED) is 0.240. The summed E-state index contributed by atoms with van der Waals surface area (Å²) in [5.41, 5.74) is 0. The Morgan fingerprint density at radius 3 is 1.50 bits per heavy atom. The first-order valence-electron chi connectivity index (χ1n) is 9.58. The predicted octanol–water partition coefficient (Wildman–Crippen LogP) is 1.77. The first-order valence-corrected chi connectivity index (χ1v) is 11.0. The molecule has 1 unspecified atom stereocenters. The van der Waals surface area contributed by atoms with Gasteiger partial charge in [-0.15, -0.1) is 0 Å². The zero-order valence-corrected chi connectivity index (χ0v) is 18.8. The monoisotopic (exact) mass is 372 g/mol. The molecule has 0 aliphatic rings. The topological polar surface area (TPSA) is 77.4 Å². The van der Waals surface area contributed by atoms with E-state index in [0.717, 1.165) is 44.9 Å². The molecule has 0 aliphatic carbocycles. The van der Waals surface area contributed by atoms with E-state index in [4.69, 9.17) is 5.11 Å². The van der Waals surface area contributed by atoms with Gasteiger partial charge in [0.25, 0.3) is 0 Å². The van der Waals surface area contributed by atoms with Crippen molar-refractivity contribution in [2.75, 3.05) is 6.61 Å². The van der Waals surface area contributed by atoms with Gasteiger partial charge in [0.05, 0.1) is 10.1 Å². The summed E-state index contributed by atoms with van der Waals surface area (Å²) in [5, 5.41) is 8.01. The molecule has 6 heteroatoms. The third-order valence-electron chi connectivity index (χ3n) is 4.47. The van der Waals surface area contributed by atoms with Crippen molar-refractivity contribution in [3.05, 3.63) is 0 Å². The van der Waals surface area contributed by atoms with E-state index < -0.39 is 15.4 Å². The molecule has 0 aromatic rings. The summed E-state index contributed by atoms with van der Waals surface area (Å²) < 4.78 is 33.6. The Balaban J connectivity index is 0. The van der Waals surface area contributed by atoms with Crippen LogP contribution in [0.1, 0.15) is 103 Å². The van der Waals surface area contributed by atoms with Crippen molar-refractivity contribution in [3.8, 4) is 0 Å². The van der Waals surface area contributed by atoms with E-state index in [2.05, 4.69) is 0 Å². The third kappa shape index (κ3) is 17.7. The van der Waals surface area contributed by atoms with Gasteiger partial charge >= 0.3 is 29.6 Å². The van der Waals surface area contributed by atoms with Crippen LogP contribution in [0.2, 0.25) is 0 Å². The van der Waals surface area contributed by atoms with Crippen LogP contribution in [0.25, 0.3) is 0 Å². The zero-order chi connectivity index (χ0) is 17.4. The fourth-order valence-corrected chi connectivity index (χ4v) is 3.85. The van der Waals surface area contributed by atoms with Gasteiger partial charge < -0.3 is 9.66 Å². The molecule has 4 nitrogen and oxygen atoms in total. The van der Waals surface area contributed by atoms with Crippen LogP contribution in [0.3, 0.4) is 0 Å². The van der Waals surface area contributed by atoms with E-state index in [0.29, 0.717) is 19.4 Å². The normalized spacial score (nSPS) is 12.8. The number of rotatable bonds is 17. The third-order valence-corrected chi connectivity index (χ3v) is 5.76. The van der Waals surface area contributed by atoms with Crippen LogP contribution in [-0.2, 0) is 10.1 Å². The minimum Gasteiger partial charge on any atom is -0.748 e. The molecule has 0 aromatic heterocycles. The average molecular weight is 373 g/mol. The Labute approximate surface area is 172 Å². The zero-order valence-electron chi connectivity index (χ0n) is 16.0. The van der Waals surface area contributed by atoms with Crippen molar-refractivity contribution in [1.29, 1.82) is 0 Å². The molecule has 0 bridgehead atoms. The maximum Gasteiger partial charge on any atom is 1.00 e. The molecule has 140 valence electrons. The standard InChI is InChI=1S/C18H38O4S.Na/c1-2-3-15-18(23(20,21)22)16-13-11-9-7-5-4-6-8-10-12-14-17-19;/h18-19H,2-17H2,1H3,(H,20,21,22);/q;+1/p-1. The summed E-state index contributed by atoms with van der Waals surface area (Å²) in [6, 6.07) is 0. The van der Waals surface area contributed by atoms with E-state index in [1.54, 1.807) is 0 Å². The minimum atomic E-state index is -4.12. The van der Waals surface area contributed by atoms with Gasteiger partial charge in [-0.25, -0.2) is 8.42 Å². The van der Waals surface area contributed by atoms with Gasteiger partial charge in [0, 0.05) is 11.9 Å². The molecule has 0 spiro atoms. The van der Waals surface area contributed by atoms with Crippen molar-refractivity contribution >= 4 is 10.1 Å². The van der Waals surface area contributed by atoms with Gasteiger partial charge in [0.15, 0.2) is 0 Å². The molecule has 0 saturated heterocycles. The molecule has 0 rings (SSSR count). The van der Waals surface area contributed by atoms with Crippen molar-refractivity contribution in [3.63, 3.8) is 0 Å². The number of aliphatic hydroxyl groups is 1. The van der Waals surface area contributed by atoms with Crippen LogP contribution in [0.5, 0.6) is 0 Å². The number of hydrogen-bond acceptors (Lipinski definition) is 4. The molecule has 0 fully saturated rings. The molecule has 0 amide bonds. The van der Waals surface area contributed by atoms with E-state index in [9.17, 15) is 13.0 Å². The van der Waals surface area contributed by atoms with Crippen molar-refractivity contribution in [2.24, 2.45) is 0 Å². The van der Waals surface area contributed by atoms with E-state index in [-0.39, 0.29) is 29.6 Å². The molecule has 1 atom stereocenters. The van der Waals surface area contributed by atoms with Crippen molar-refractivity contribution < 1.29 is 47.6 Å². The van der Waals surface area contributed by atoms with Gasteiger partial charge in [0.1, 0.15) is 0 Å². The van der Waals surface area contributed by atoms with Gasteiger partial charge in [-0.2, -0.15) is 0 Å². The second-order valence-corrected chi connectivity index (χ2v) is 8.31. The second-order valence-electron chi connectivity index (χ2n) is 6.66. The van der Waals surface area contributed by atoms with E-state index in [1.807, 2.05) is 6.92 Å². The maximum atomic E-state index is 11.2. The van der Waals surface area contributed by atoms with Gasteiger partial charge in [-0.1, -0.05) is 84.0 Å². The maximum absolute atomic E-state index is 11.2. The number of hydrogen-bond donors (Lipinski definition) is 1. The molecule has 0 radical (unpaired) electrons. The summed E-state index contributed by atoms with van der Waals surface area (Å²) in [4.78, 5) is 0. The van der Waals surface area contributed by atoms with Crippen LogP contribution in [-0.4, -0.2) is 29.9 Å². The van der Waals surface area contributed by atoms with Crippen LogP contribution in [0.4, 0.5) is 0 Å². The van der Waals surface area contributed by atoms with Gasteiger partial charge in [-0.05, 0) is 19.3 Å². The van der Waals surface area contributed by atoms with Gasteiger partial charge in [-0.3, -0.25) is 0 Å². The SMILES string of the molecule is CCCCC(CCCCCCCCCCCCCO)S(=O)(=O)[O-].[Na+]. The van der Waals surface area contributed by atoms with Crippen LogP contribution in [0.15, 0.2) is 0 Å².